The fraction of sp³-hybridized carbons (Fsp3) is 0.391. The van der Waals surface area contributed by atoms with Crippen LogP contribution in [0.25, 0.3) is 0 Å². The Labute approximate surface area is 188 Å². The van der Waals surface area contributed by atoms with Crippen molar-refractivity contribution in [3.8, 4) is 0 Å². The SMILES string of the molecule is CCCS(=O)(=O)N1CCCC(C(=O)NCc2cccc(NC(=O)c3cccc(F)c3)c2)C1. The largest absolute Gasteiger partial charge is 0.352 e. The first-order valence-corrected chi connectivity index (χ1v) is 12.3. The minimum Gasteiger partial charge on any atom is -0.352 e. The molecule has 32 heavy (non-hydrogen) atoms. The molecule has 3 rings (SSSR count). The number of nitrogens with one attached hydrogen (secondary N) is 2. The molecule has 1 heterocycles. The van der Waals surface area contributed by atoms with Crippen LogP contribution >= 0.6 is 0 Å². The van der Waals surface area contributed by atoms with Crippen molar-refractivity contribution < 1.29 is 22.4 Å². The van der Waals surface area contributed by atoms with Gasteiger partial charge in [-0.15, -0.1) is 0 Å². The zero-order valence-corrected chi connectivity index (χ0v) is 18.8. The van der Waals surface area contributed by atoms with Gasteiger partial charge >= 0.3 is 0 Å². The van der Waals surface area contributed by atoms with Gasteiger partial charge in [0.25, 0.3) is 5.91 Å². The van der Waals surface area contributed by atoms with E-state index >= 15 is 0 Å². The quantitative estimate of drug-likeness (QED) is 0.631. The third kappa shape index (κ3) is 6.37. The molecule has 1 aliphatic rings. The van der Waals surface area contributed by atoms with Gasteiger partial charge in [0, 0.05) is 30.9 Å². The van der Waals surface area contributed by atoms with E-state index in [-0.39, 0.29) is 36.2 Å². The minimum atomic E-state index is -3.32. The molecule has 0 bridgehead atoms. The number of hydrogen-bond donors (Lipinski definition) is 2. The van der Waals surface area contributed by atoms with Crippen LogP contribution in [-0.4, -0.2) is 43.4 Å². The molecule has 1 atom stereocenters. The van der Waals surface area contributed by atoms with Crippen LogP contribution in [0.1, 0.15) is 42.1 Å². The van der Waals surface area contributed by atoms with Gasteiger partial charge in [-0.25, -0.2) is 17.1 Å². The third-order valence-electron chi connectivity index (χ3n) is 5.35. The van der Waals surface area contributed by atoms with E-state index in [9.17, 15) is 22.4 Å². The maximum absolute atomic E-state index is 13.3. The number of nitrogens with zero attached hydrogens (tertiary/aromatic N) is 1. The number of amides is 2. The van der Waals surface area contributed by atoms with E-state index in [1.54, 1.807) is 18.2 Å². The highest BCUT2D eigenvalue weighted by atomic mass is 32.2. The van der Waals surface area contributed by atoms with Crippen molar-refractivity contribution >= 4 is 27.5 Å². The van der Waals surface area contributed by atoms with Gasteiger partial charge in [-0.05, 0) is 55.2 Å². The highest BCUT2D eigenvalue weighted by Crippen LogP contribution is 2.20. The van der Waals surface area contributed by atoms with Crippen LogP contribution in [0.15, 0.2) is 48.5 Å². The molecule has 0 radical (unpaired) electrons. The van der Waals surface area contributed by atoms with Gasteiger partial charge in [-0.1, -0.05) is 25.1 Å². The zero-order valence-electron chi connectivity index (χ0n) is 18.0. The van der Waals surface area contributed by atoms with Crippen molar-refractivity contribution in [2.24, 2.45) is 5.92 Å². The number of halogens is 1. The molecule has 2 amide bonds. The van der Waals surface area contributed by atoms with Gasteiger partial charge < -0.3 is 10.6 Å². The summed E-state index contributed by atoms with van der Waals surface area (Å²) in [6.07, 6.45) is 1.85. The molecule has 1 saturated heterocycles. The summed E-state index contributed by atoms with van der Waals surface area (Å²) in [5.41, 5.74) is 1.52. The molecule has 172 valence electrons. The van der Waals surface area contributed by atoms with Crippen molar-refractivity contribution in [3.63, 3.8) is 0 Å². The normalized spacial score (nSPS) is 17.0. The molecule has 2 aromatic carbocycles. The molecule has 0 spiro atoms. The summed E-state index contributed by atoms with van der Waals surface area (Å²) in [5, 5.41) is 5.59. The summed E-state index contributed by atoms with van der Waals surface area (Å²) in [6, 6.07) is 12.4. The Morgan fingerprint density at radius 1 is 1.16 bits per heavy atom. The Bertz CT molecular complexity index is 1070. The van der Waals surface area contributed by atoms with E-state index in [4.69, 9.17) is 0 Å². The lowest BCUT2D eigenvalue weighted by Crippen LogP contribution is -2.45. The summed E-state index contributed by atoms with van der Waals surface area (Å²) < 4.78 is 39.4. The molecule has 0 saturated carbocycles. The van der Waals surface area contributed by atoms with Crippen LogP contribution in [0.4, 0.5) is 10.1 Å². The average Bonchev–Trinajstić information content (AvgIpc) is 2.78. The van der Waals surface area contributed by atoms with Crippen molar-refractivity contribution in [3.05, 3.63) is 65.5 Å². The molecule has 1 unspecified atom stereocenters. The Morgan fingerprint density at radius 2 is 1.94 bits per heavy atom. The lowest BCUT2D eigenvalue weighted by Gasteiger charge is -2.31. The van der Waals surface area contributed by atoms with E-state index in [1.807, 2.05) is 13.0 Å². The smallest absolute Gasteiger partial charge is 0.255 e. The first kappa shape index (κ1) is 23.9. The summed E-state index contributed by atoms with van der Waals surface area (Å²) in [5.74, 6) is -1.39. The van der Waals surface area contributed by atoms with Crippen LogP contribution < -0.4 is 10.6 Å². The number of carbonyl (C=O) groups is 2. The maximum Gasteiger partial charge on any atom is 0.255 e. The Hall–Kier alpha value is -2.78. The fourth-order valence-corrected chi connectivity index (χ4v) is 5.31. The summed E-state index contributed by atoms with van der Waals surface area (Å²) in [7, 11) is -3.32. The number of rotatable bonds is 8. The first-order chi connectivity index (χ1) is 15.3. The molecular formula is C23H28FN3O4S. The highest BCUT2D eigenvalue weighted by Gasteiger charge is 2.31. The lowest BCUT2D eigenvalue weighted by atomic mass is 9.98. The predicted molar refractivity (Wildman–Crippen MR) is 121 cm³/mol. The number of anilines is 1. The summed E-state index contributed by atoms with van der Waals surface area (Å²) in [4.78, 5) is 25.0. The van der Waals surface area contributed by atoms with Gasteiger partial charge in [0.2, 0.25) is 15.9 Å². The van der Waals surface area contributed by atoms with E-state index in [0.717, 1.165) is 11.6 Å². The standard InChI is InChI=1S/C23H28FN3O4S/c1-2-12-32(30,31)27-11-5-8-19(16-27)22(28)25-15-17-6-3-10-21(13-17)26-23(29)18-7-4-9-20(24)14-18/h3-4,6-7,9-10,13-14,19H,2,5,8,11-12,15-16H2,1H3,(H,25,28)(H,26,29). The predicted octanol–water partition coefficient (Wildman–Crippen LogP) is 3.15. The first-order valence-electron chi connectivity index (χ1n) is 10.7. The van der Waals surface area contributed by atoms with Crippen molar-refractivity contribution in [2.75, 3.05) is 24.2 Å². The van der Waals surface area contributed by atoms with E-state index in [2.05, 4.69) is 10.6 Å². The second-order valence-electron chi connectivity index (χ2n) is 7.90. The van der Waals surface area contributed by atoms with E-state index in [0.29, 0.717) is 31.5 Å². The zero-order chi connectivity index (χ0) is 23.1. The number of piperidine rings is 1. The van der Waals surface area contributed by atoms with Gasteiger partial charge in [-0.3, -0.25) is 9.59 Å². The van der Waals surface area contributed by atoms with Crippen molar-refractivity contribution in [1.29, 1.82) is 0 Å². The van der Waals surface area contributed by atoms with Crippen LogP contribution in [0.5, 0.6) is 0 Å². The topological polar surface area (TPSA) is 95.6 Å². The monoisotopic (exact) mass is 461 g/mol. The molecule has 1 aliphatic heterocycles. The molecule has 9 heteroatoms. The molecular weight excluding hydrogens is 433 g/mol. The van der Waals surface area contributed by atoms with Gasteiger partial charge in [0.05, 0.1) is 11.7 Å². The number of hydrogen-bond acceptors (Lipinski definition) is 4. The fourth-order valence-electron chi connectivity index (χ4n) is 3.72. The Kier molecular flexibility index (Phi) is 7.98. The maximum atomic E-state index is 13.3. The molecule has 2 N–H and O–H groups in total. The number of carbonyl (C=O) groups excluding carboxylic acids is 2. The second-order valence-corrected chi connectivity index (χ2v) is 9.98. The van der Waals surface area contributed by atoms with Crippen molar-refractivity contribution in [2.45, 2.75) is 32.7 Å². The summed E-state index contributed by atoms with van der Waals surface area (Å²) in [6.45, 7) is 2.73. The second kappa shape index (κ2) is 10.7. The van der Waals surface area contributed by atoms with Crippen LogP contribution in [0, 0.1) is 11.7 Å². The molecule has 0 aromatic heterocycles. The summed E-state index contributed by atoms with van der Waals surface area (Å²) >= 11 is 0. The third-order valence-corrected chi connectivity index (χ3v) is 7.39. The minimum absolute atomic E-state index is 0.0927. The van der Waals surface area contributed by atoms with E-state index < -0.39 is 21.7 Å². The average molecular weight is 462 g/mol. The van der Waals surface area contributed by atoms with Gasteiger partial charge in [-0.2, -0.15) is 0 Å². The van der Waals surface area contributed by atoms with Crippen LogP contribution in [-0.2, 0) is 21.4 Å². The molecule has 0 aliphatic carbocycles. The van der Waals surface area contributed by atoms with Gasteiger partial charge in [0.15, 0.2) is 0 Å². The van der Waals surface area contributed by atoms with Crippen molar-refractivity contribution in [1.82, 2.24) is 9.62 Å². The molecule has 2 aromatic rings. The Morgan fingerprint density at radius 3 is 2.69 bits per heavy atom. The molecule has 7 nitrogen and oxygen atoms in total. The van der Waals surface area contributed by atoms with Crippen LogP contribution in [0.2, 0.25) is 0 Å². The highest BCUT2D eigenvalue weighted by molar-refractivity contribution is 7.89. The van der Waals surface area contributed by atoms with Gasteiger partial charge in [0.1, 0.15) is 5.82 Å². The molecule has 1 fully saturated rings. The van der Waals surface area contributed by atoms with E-state index in [1.165, 1.54) is 22.5 Å². The lowest BCUT2D eigenvalue weighted by molar-refractivity contribution is -0.126. The Balaban J connectivity index is 1.56. The van der Waals surface area contributed by atoms with Crippen LogP contribution in [0.3, 0.4) is 0 Å². The number of sulfonamides is 1. The number of benzene rings is 2.